The first-order valence-corrected chi connectivity index (χ1v) is 7.88. The molecule has 0 fully saturated rings. The Kier molecular flexibility index (Phi) is 9.27. The van der Waals surface area contributed by atoms with Crippen molar-refractivity contribution in [3.05, 3.63) is 23.8 Å². The smallest absolute Gasteiger partial charge is 0.331 e. The van der Waals surface area contributed by atoms with Crippen LogP contribution >= 0.6 is 0 Å². The molecule has 0 rings (SSSR count). The van der Waals surface area contributed by atoms with Gasteiger partial charge >= 0.3 is 5.97 Å². The molecule has 0 radical (unpaired) electrons. The van der Waals surface area contributed by atoms with Crippen molar-refractivity contribution in [2.75, 3.05) is 0 Å². The van der Waals surface area contributed by atoms with E-state index >= 15 is 0 Å². The number of aliphatic hydroxyl groups is 1. The molecule has 0 aliphatic carbocycles. The van der Waals surface area contributed by atoms with Crippen LogP contribution in [0.25, 0.3) is 0 Å². The van der Waals surface area contributed by atoms with Crippen LogP contribution in [0.2, 0.25) is 0 Å². The second-order valence-corrected chi connectivity index (χ2v) is 6.82. The molecule has 0 spiro atoms. The second-order valence-electron chi connectivity index (χ2n) is 6.82. The molecule has 0 saturated heterocycles. The summed E-state index contributed by atoms with van der Waals surface area (Å²) in [7, 11) is 0. The Morgan fingerprint density at radius 1 is 1.29 bits per heavy atom. The van der Waals surface area contributed by atoms with Gasteiger partial charge in [0.05, 0.1) is 11.7 Å². The van der Waals surface area contributed by atoms with Gasteiger partial charge in [0, 0.05) is 6.08 Å². The molecule has 1 N–H and O–H groups in total. The van der Waals surface area contributed by atoms with E-state index in [1.165, 1.54) is 6.08 Å². The van der Waals surface area contributed by atoms with Crippen molar-refractivity contribution in [3.63, 3.8) is 0 Å². The van der Waals surface area contributed by atoms with Crippen LogP contribution in [0, 0.1) is 5.92 Å². The van der Waals surface area contributed by atoms with Crippen molar-refractivity contribution in [1.82, 2.24) is 0 Å². The van der Waals surface area contributed by atoms with E-state index in [0.717, 1.165) is 31.3 Å². The van der Waals surface area contributed by atoms with Crippen molar-refractivity contribution < 1.29 is 14.6 Å². The third kappa shape index (κ3) is 13.6. The Bertz CT molecular complexity index is 359. The predicted molar refractivity (Wildman–Crippen MR) is 88.1 cm³/mol. The van der Waals surface area contributed by atoms with E-state index in [4.69, 9.17) is 4.74 Å². The van der Waals surface area contributed by atoms with E-state index in [1.54, 1.807) is 0 Å². The number of hydrogen-bond acceptors (Lipinski definition) is 3. The van der Waals surface area contributed by atoms with Gasteiger partial charge in [0.25, 0.3) is 0 Å². The zero-order valence-corrected chi connectivity index (χ0v) is 14.5. The molecule has 3 heteroatoms. The first-order valence-electron chi connectivity index (χ1n) is 7.88. The molecule has 0 saturated carbocycles. The molecule has 0 aromatic heterocycles. The summed E-state index contributed by atoms with van der Waals surface area (Å²) < 4.78 is 5.06. The molecular formula is C18H32O3. The molecule has 0 aliphatic rings. The lowest BCUT2D eigenvalue weighted by atomic mass is 9.95. The van der Waals surface area contributed by atoms with Crippen LogP contribution in [0.4, 0.5) is 0 Å². The Labute approximate surface area is 130 Å². The monoisotopic (exact) mass is 296 g/mol. The zero-order valence-electron chi connectivity index (χ0n) is 14.5. The SMILES string of the molecule is CC(/C=C/CC(C)CCCC(C)(C)O)=C\C(=O)OC(C)C. The lowest BCUT2D eigenvalue weighted by molar-refractivity contribution is -0.141. The summed E-state index contributed by atoms with van der Waals surface area (Å²) in [5.74, 6) is 0.296. The number of esters is 1. The number of carbonyl (C=O) groups excluding carboxylic acids is 1. The minimum atomic E-state index is -0.564. The summed E-state index contributed by atoms with van der Waals surface area (Å²) >= 11 is 0. The van der Waals surface area contributed by atoms with Crippen molar-refractivity contribution in [3.8, 4) is 0 Å². The first kappa shape index (κ1) is 19.9. The highest BCUT2D eigenvalue weighted by molar-refractivity contribution is 5.83. The first-order chi connectivity index (χ1) is 9.60. The molecule has 0 aliphatic heterocycles. The van der Waals surface area contributed by atoms with Gasteiger partial charge in [-0.15, -0.1) is 0 Å². The van der Waals surface area contributed by atoms with E-state index < -0.39 is 5.60 Å². The lowest BCUT2D eigenvalue weighted by Crippen LogP contribution is -2.18. The van der Waals surface area contributed by atoms with Crippen LogP contribution in [-0.2, 0) is 9.53 Å². The molecule has 122 valence electrons. The van der Waals surface area contributed by atoms with Gasteiger partial charge in [-0.1, -0.05) is 31.9 Å². The topological polar surface area (TPSA) is 46.5 Å². The van der Waals surface area contributed by atoms with Crippen LogP contribution < -0.4 is 0 Å². The summed E-state index contributed by atoms with van der Waals surface area (Å²) in [6.07, 6.45) is 9.46. The molecule has 0 aromatic carbocycles. The number of carbonyl (C=O) groups is 1. The summed E-state index contributed by atoms with van der Waals surface area (Å²) in [4.78, 5) is 11.4. The van der Waals surface area contributed by atoms with Crippen LogP contribution in [0.1, 0.15) is 67.2 Å². The summed E-state index contributed by atoms with van der Waals surface area (Å²) in [6, 6.07) is 0. The van der Waals surface area contributed by atoms with Crippen LogP contribution in [0.3, 0.4) is 0 Å². The molecule has 21 heavy (non-hydrogen) atoms. The maximum Gasteiger partial charge on any atom is 0.331 e. The standard InChI is InChI=1S/C18H32O3/c1-14(2)21-17(19)13-16(4)10-7-9-15(3)11-8-12-18(5,6)20/h7,10,13-15,20H,8-9,11-12H2,1-6H3/b10-7+,16-13+. The summed E-state index contributed by atoms with van der Waals surface area (Å²) in [6.45, 7) is 11.5. The Morgan fingerprint density at radius 3 is 2.43 bits per heavy atom. The highest BCUT2D eigenvalue weighted by Crippen LogP contribution is 2.18. The number of rotatable bonds is 9. The molecule has 0 bridgehead atoms. The van der Waals surface area contributed by atoms with Crippen molar-refractivity contribution in [1.29, 1.82) is 0 Å². The molecule has 1 atom stereocenters. The normalized spacial score (nSPS) is 14.8. The third-order valence-electron chi connectivity index (χ3n) is 3.10. The minimum Gasteiger partial charge on any atom is -0.460 e. The fourth-order valence-electron chi connectivity index (χ4n) is 1.99. The minimum absolute atomic E-state index is 0.0821. The Hall–Kier alpha value is -1.09. The van der Waals surface area contributed by atoms with Gasteiger partial charge < -0.3 is 9.84 Å². The molecule has 0 amide bonds. The molecular weight excluding hydrogens is 264 g/mol. The average Bonchev–Trinajstić information content (AvgIpc) is 2.25. The van der Waals surface area contributed by atoms with Gasteiger partial charge in [0.1, 0.15) is 0 Å². The predicted octanol–water partition coefficient (Wildman–Crippen LogP) is 4.41. The number of hydrogen-bond donors (Lipinski definition) is 1. The number of allylic oxidation sites excluding steroid dienone is 3. The zero-order chi connectivity index (χ0) is 16.5. The van der Waals surface area contributed by atoms with Crippen LogP contribution in [0.5, 0.6) is 0 Å². The summed E-state index contributed by atoms with van der Waals surface area (Å²) in [5, 5.41) is 9.66. The van der Waals surface area contributed by atoms with Crippen molar-refractivity contribution in [2.45, 2.75) is 78.9 Å². The number of ether oxygens (including phenoxy) is 1. The van der Waals surface area contributed by atoms with Gasteiger partial charge in [-0.2, -0.15) is 0 Å². The van der Waals surface area contributed by atoms with E-state index in [0.29, 0.717) is 5.92 Å². The highest BCUT2D eigenvalue weighted by Gasteiger charge is 2.12. The maximum absolute atomic E-state index is 11.4. The highest BCUT2D eigenvalue weighted by atomic mass is 16.5. The van der Waals surface area contributed by atoms with E-state index in [2.05, 4.69) is 13.0 Å². The van der Waals surface area contributed by atoms with Gasteiger partial charge in [0.2, 0.25) is 0 Å². The van der Waals surface area contributed by atoms with Crippen LogP contribution in [-0.4, -0.2) is 22.8 Å². The van der Waals surface area contributed by atoms with Gasteiger partial charge in [-0.3, -0.25) is 0 Å². The largest absolute Gasteiger partial charge is 0.460 e. The molecule has 0 heterocycles. The van der Waals surface area contributed by atoms with E-state index in [9.17, 15) is 9.90 Å². The van der Waals surface area contributed by atoms with Gasteiger partial charge in [-0.25, -0.2) is 4.79 Å². The van der Waals surface area contributed by atoms with Gasteiger partial charge in [-0.05, 0) is 59.0 Å². The van der Waals surface area contributed by atoms with E-state index in [1.807, 2.05) is 40.7 Å². The van der Waals surface area contributed by atoms with Crippen LogP contribution in [0.15, 0.2) is 23.8 Å². The molecule has 0 aromatic rings. The van der Waals surface area contributed by atoms with Crippen molar-refractivity contribution >= 4 is 5.97 Å². The Morgan fingerprint density at radius 2 is 1.90 bits per heavy atom. The quantitative estimate of drug-likeness (QED) is 0.389. The molecule has 1 unspecified atom stereocenters. The third-order valence-corrected chi connectivity index (χ3v) is 3.10. The second kappa shape index (κ2) is 9.78. The fraction of sp³-hybridized carbons (Fsp3) is 0.722. The van der Waals surface area contributed by atoms with Gasteiger partial charge in [0.15, 0.2) is 0 Å². The fourth-order valence-corrected chi connectivity index (χ4v) is 1.99. The average molecular weight is 296 g/mol. The lowest BCUT2D eigenvalue weighted by Gasteiger charge is -2.17. The summed E-state index contributed by atoms with van der Waals surface area (Å²) in [5.41, 5.74) is 0.343. The van der Waals surface area contributed by atoms with Crippen molar-refractivity contribution in [2.24, 2.45) is 5.92 Å². The molecule has 3 nitrogen and oxygen atoms in total. The maximum atomic E-state index is 11.4. The Balaban J connectivity index is 4.03. The van der Waals surface area contributed by atoms with E-state index in [-0.39, 0.29) is 12.1 Å².